The summed E-state index contributed by atoms with van der Waals surface area (Å²) in [7, 11) is 1.59. The molecule has 2 aromatic carbocycles. The lowest BCUT2D eigenvalue weighted by molar-refractivity contribution is 0.249. The largest absolute Gasteiger partial charge is 0.497 e. The van der Waals surface area contributed by atoms with E-state index in [1.165, 1.54) is 0 Å². The highest BCUT2D eigenvalue weighted by molar-refractivity contribution is 6.30. The summed E-state index contributed by atoms with van der Waals surface area (Å²) < 4.78 is 10.3. The molecule has 25 heavy (non-hydrogen) atoms. The standard InChI is InChI=1S/C17H15ClN4O3/c1-24-14-7-2-4-11(8-14)16-21-15(25-22-16)10-19-17(23)20-13-6-3-5-12(18)9-13/h2-9H,10H2,1H3,(H2,19,20,23). The third kappa shape index (κ3) is 4.48. The Bertz CT molecular complexity index is 882. The molecule has 2 amide bonds. The molecule has 0 fully saturated rings. The Morgan fingerprint density at radius 1 is 1.24 bits per heavy atom. The molecule has 0 saturated heterocycles. The van der Waals surface area contributed by atoms with Crippen molar-refractivity contribution in [2.24, 2.45) is 0 Å². The molecule has 0 unspecified atom stereocenters. The lowest BCUT2D eigenvalue weighted by Crippen LogP contribution is -2.28. The summed E-state index contributed by atoms with van der Waals surface area (Å²) in [6.45, 7) is 0.101. The van der Waals surface area contributed by atoms with Crippen LogP contribution in [0.5, 0.6) is 5.75 Å². The van der Waals surface area contributed by atoms with Gasteiger partial charge in [0.1, 0.15) is 5.75 Å². The molecular weight excluding hydrogens is 344 g/mol. The first-order valence-electron chi connectivity index (χ1n) is 7.41. The number of rotatable bonds is 5. The quantitative estimate of drug-likeness (QED) is 0.725. The molecule has 0 spiro atoms. The maximum absolute atomic E-state index is 11.9. The number of methoxy groups -OCH3 is 1. The van der Waals surface area contributed by atoms with Gasteiger partial charge in [0.15, 0.2) is 0 Å². The number of halogens is 1. The molecule has 7 nitrogen and oxygen atoms in total. The van der Waals surface area contributed by atoms with Crippen molar-refractivity contribution >= 4 is 23.3 Å². The zero-order chi connectivity index (χ0) is 17.6. The van der Waals surface area contributed by atoms with Crippen molar-refractivity contribution in [3.8, 4) is 17.1 Å². The Balaban J connectivity index is 1.59. The maximum atomic E-state index is 11.9. The molecule has 0 bridgehead atoms. The van der Waals surface area contributed by atoms with E-state index in [1.54, 1.807) is 37.4 Å². The number of nitrogens with zero attached hydrogens (tertiary/aromatic N) is 2. The molecular formula is C17H15ClN4O3. The Hall–Kier alpha value is -3.06. The number of hydrogen-bond donors (Lipinski definition) is 2. The first-order valence-corrected chi connectivity index (χ1v) is 7.79. The Kier molecular flexibility index (Phi) is 5.15. The predicted octanol–water partition coefficient (Wildman–Crippen LogP) is 3.72. The van der Waals surface area contributed by atoms with E-state index in [4.69, 9.17) is 20.9 Å². The van der Waals surface area contributed by atoms with E-state index in [-0.39, 0.29) is 6.54 Å². The summed E-state index contributed by atoms with van der Waals surface area (Å²) in [6.07, 6.45) is 0. The van der Waals surface area contributed by atoms with Crippen LogP contribution in [0.25, 0.3) is 11.4 Å². The van der Waals surface area contributed by atoms with Crippen LogP contribution in [0, 0.1) is 0 Å². The van der Waals surface area contributed by atoms with Crippen molar-refractivity contribution in [3.05, 3.63) is 59.4 Å². The highest BCUT2D eigenvalue weighted by Crippen LogP contribution is 2.21. The lowest BCUT2D eigenvalue weighted by Gasteiger charge is -2.05. The third-order valence-corrected chi connectivity index (χ3v) is 3.51. The second-order valence-corrected chi connectivity index (χ2v) is 5.50. The number of ether oxygens (including phenoxy) is 1. The smallest absolute Gasteiger partial charge is 0.319 e. The number of benzene rings is 2. The first kappa shape index (κ1) is 16.8. The highest BCUT2D eigenvalue weighted by atomic mass is 35.5. The molecule has 8 heteroatoms. The van der Waals surface area contributed by atoms with Gasteiger partial charge in [-0.2, -0.15) is 4.98 Å². The molecule has 1 aromatic heterocycles. The normalized spacial score (nSPS) is 10.3. The van der Waals surface area contributed by atoms with Gasteiger partial charge >= 0.3 is 6.03 Å². The minimum absolute atomic E-state index is 0.101. The molecule has 0 atom stereocenters. The molecule has 0 radical (unpaired) electrons. The average molecular weight is 359 g/mol. The first-order chi connectivity index (χ1) is 12.1. The molecule has 0 saturated carbocycles. The number of amides is 2. The van der Waals surface area contributed by atoms with Gasteiger partial charge < -0.3 is 19.9 Å². The molecule has 1 heterocycles. The van der Waals surface area contributed by atoms with Gasteiger partial charge in [-0.25, -0.2) is 4.79 Å². The van der Waals surface area contributed by atoms with Crippen LogP contribution in [0.3, 0.4) is 0 Å². The Labute approximate surface area is 149 Å². The van der Waals surface area contributed by atoms with Gasteiger partial charge in [0.25, 0.3) is 0 Å². The topological polar surface area (TPSA) is 89.3 Å². The summed E-state index contributed by atoms with van der Waals surface area (Å²) in [6, 6.07) is 13.8. The maximum Gasteiger partial charge on any atom is 0.319 e. The molecule has 2 N–H and O–H groups in total. The van der Waals surface area contributed by atoms with Crippen LogP contribution in [0.1, 0.15) is 5.89 Å². The lowest BCUT2D eigenvalue weighted by atomic mass is 10.2. The van der Waals surface area contributed by atoms with Gasteiger partial charge in [-0.3, -0.25) is 0 Å². The van der Waals surface area contributed by atoms with E-state index < -0.39 is 6.03 Å². The highest BCUT2D eigenvalue weighted by Gasteiger charge is 2.10. The van der Waals surface area contributed by atoms with Crippen LogP contribution in [-0.2, 0) is 6.54 Å². The second-order valence-electron chi connectivity index (χ2n) is 5.06. The summed E-state index contributed by atoms with van der Waals surface area (Å²) in [4.78, 5) is 16.1. The number of carbonyl (C=O) groups is 1. The number of hydrogen-bond acceptors (Lipinski definition) is 5. The van der Waals surface area contributed by atoms with Gasteiger partial charge in [0, 0.05) is 16.3 Å². The fourth-order valence-electron chi connectivity index (χ4n) is 2.10. The van der Waals surface area contributed by atoms with E-state index in [1.807, 2.05) is 18.2 Å². The number of aromatic nitrogens is 2. The molecule has 3 rings (SSSR count). The van der Waals surface area contributed by atoms with Crippen LogP contribution >= 0.6 is 11.6 Å². The van der Waals surface area contributed by atoms with Crippen LogP contribution < -0.4 is 15.4 Å². The van der Waals surface area contributed by atoms with Crippen LogP contribution in [0.15, 0.2) is 53.1 Å². The number of anilines is 1. The van der Waals surface area contributed by atoms with Gasteiger partial charge in [-0.05, 0) is 30.3 Å². The van der Waals surface area contributed by atoms with Crippen molar-refractivity contribution in [1.29, 1.82) is 0 Å². The average Bonchev–Trinajstić information content (AvgIpc) is 3.09. The molecule has 3 aromatic rings. The van der Waals surface area contributed by atoms with Crippen molar-refractivity contribution < 1.29 is 14.1 Å². The molecule has 128 valence electrons. The van der Waals surface area contributed by atoms with Crippen LogP contribution in [0.4, 0.5) is 10.5 Å². The number of carbonyl (C=O) groups excluding carboxylic acids is 1. The van der Waals surface area contributed by atoms with E-state index >= 15 is 0 Å². The van der Waals surface area contributed by atoms with Gasteiger partial charge in [-0.15, -0.1) is 0 Å². The van der Waals surface area contributed by atoms with E-state index in [2.05, 4.69) is 20.8 Å². The van der Waals surface area contributed by atoms with Crippen molar-refractivity contribution in [2.75, 3.05) is 12.4 Å². The fraction of sp³-hybridized carbons (Fsp3) is 0.118. The second kappa shape index (κ2) is 7.67. The summed E-state index contributed by atoms with van der Waals surface area (Å²) >= 11 is 5.87. The van der Waals surface area contributed by atoms with E-state index in [0.717, 1.165) is 5.56 Å². The zero-order valence-electron chi connectivity index (χ0n) is 13.3. The van der Waals surface area contributed by atoms with Gasteiger partial charge in [0.05, 0.1) is 13.7 Å². The summed E-state index contributed by atoms with van der Waals surface area (Å²) in [5, 5.41) is 9.75. The number of urea groups is 1. The minimum Gasteiger partial charge on any atom is -0.497 e. The molecule has 0 aliphatic heterocycles. The van der Waals surface area contributed by atoms with E-state index in [0.29, 0.717) is 28.2 Å². The monoisotopic (exact) mass is 358 g/mol. The summed E-state index contributed by atoms with van der Waals surface area (Å²) in [5.74, 6) is 1.41. The number of nitrogens with one attached hydrogen (secondary N) is 2. The van der Waals surface area contributed by atoms with Gasteiger partial charge in [-0.1, -0.05) is 35.0 Å². The van der Waals surface area contributed by atoms with Crippen LogP contribution in [-0.4, -0.2) is 23.3 Å². The zero-order valence-corrected chi connectivity index (χ0v) is 14.1. The third-order valence-electron chi connectivity index (χ3n) is 3.28. The van der Waals surface area contributed by atoms with Crippen molar-refractivity contribution in [3.63, 3.8) is 0 Å². The fourth-order valence-corrected chi connectivity index (χ4v) is 2.29. The Morgan fingerprint density at radius 2 is 2.08 bits per heavy atom. The Morgan fingerprint density at radius 3 is 2.88 bits per heavy atom. The predicted molar refractivity (Wildman–Crippen MR) is 93.6 cm³/mol. The van der Waals surface area contributed by atoms with Crippen molar-refractivity contribution in [1.82, 2.24) is 15.5 Å². The van der Waals surface area contributed by atoms with E-state index in [9.17, 15) is 4.79 Å². The van der Waals surface area contributed by atoms with Gasteiger partial charge in [0.2, 0.25) is 11.7 Å². The SMILES string of the molecule is COc1cccc(-c2noc(CNC(=O)Nc3cccc(Cl)c3)n2)c1. The molecule has 0 aliphatic carbocycles. The van der Waals surface area contributed by atoms with Crippen molar-refractivity contribution in [2.45, 2.75) is 6.54 Å². The molecule has 0 aliphatic rings. The summed E-state index contributed by atoms with van der Waals surface area (Å²) in [5.41, 5.74) is 1.35. The minimum atomic E-state index is -0.400. The van der Waals surface area contributed by atoms with Crippen LogP contribution in [0.2, 0.25) is 5.02 Å².